The summed E-state index contributed by atoms with van der Waals surface area (Å²) < 4.78 is 5.00. The first-order chi connectivity index (χ1) is 18.4. The molecule has 0 bridgehead atoms. The Hall–Kier alpha value is -4.38. The van der Waals surface area contributed by atoms with Crippen LogP contribution in [0, 0.1) is 11.3 Å². The van der Waals surface area contributed by atoms with Gasteiger partial charge in [0.05, 0.1) is 34.8 Å². The fourth-order valence-electron chi connectivity index (χ4n) is 4.49. The van der Waals surface area contributed by atoms with Crippen LogP contribution in [0.3, 0.4) is 0 Å². The highest BCUT2D eigenvalue weighted by Crippen LogP contribution is 2.35. The monoisotopic (exact) mass is 542 g/mol. The van der Waals surface area contributed by atoms with E-state index in [1.54, 1.807) is 54.9 Å². The number of nitrogens with zero attached hydrogens (tertiary/aromatic N) is 2. The zero-order valence-electron chi connectivity index (χ0n) is 20.1. The summed E-state index contributed by atoms with van der Waals surface area (Å²) in [6.07, 6.45) is 3.57. The van der Waals surface area contributed by atoms with Crippen molar-refractivity contribution >= 4 is 56.9 Å². The van der Waals surface area contributed by atoms with Crippen LogP contribution in [0.1, 0.15) is 21.5 Å². The summed E-state index contributed by atoms with van der Waals surface area (Å²) >= 11 is 13.0. The third-order valence-electron chi connectivity index (χ3n) is 6.38. The quantitative estimate of drug-likeness (QED) is 0.253. The molecule has 2 aromatic heterocycles. The molecule has 0 saturated carbocycles. The Kier molecular flexibility index (Phi) is 7.01. The van der Waals surface area contributed by atoms with Crippen molar-refractivity contribution in [2.24, 2.45) is 0 Å². The minimum Gasteiger partial charge on any atom is -0.467 e. The van der Waals surface area contributed by atoms with Crippen molar-refractivity contribution in [3.05, 3.63) is 99.8 Å². The number of aromatic nitrogens is 2. The molecule has 1 amide bonds. The maximum Gasteiger partial charge on any atom is 0.328 e. The Morgan fingerprint density at radius 3 is 2.66 bits per heavy atom. The van der Waals surface area contributed by atoms with E-state index in [4.69, 9.17) is 27.9 Å². The minimum absolute atomic E-state index is 0.159. The van der Waals surface area contributed by atoms with E-state index in [-0.39, 0.29) is 12.0 Å². The first-order valence-corrected chi connectivity index (χ1v) is 12.4. The van der Waals surface area contributed by atoms with Gasteiger partial charge in [-0.25, -0.2) is 4.79 Å². The summed E-state index contributed by atoms with van der Waals surface area (Å²) in [5, 5.41) is 14.2. The second-order valence-corrected chi connectivity index (χ2v) is 9.38. The third-order valence-corrected chi connectivity index (χ3v) is 7.10. The van der Waals surface area contributed by atoms with Crippen LogP contribution in [0.15, 0.2) is 73.1 Å². The minimum atomic E-state index is -0.974. The van der Waals surface area contributed by atoms with Gasteiger partial charge in [-0.3, -0.25) is 9.78 Å². The predicted octanol–water partition coefficient (Wildman–Crippen LogP) is 6.08. The van der Waals surface area contributed by atoms with Gasteiger partial charge in [-0.1, -0.05) is 47.5 Å². The summed E-state index contributed by atoms with van der Waals surface area (Å²) in [7, 11) is 1.27. The highest BCUT2D eigenvalue weighted by atomic mass is 35.5. The molecule has 0 aliphatic rings. The van der Waals surface area contributed by atoms with E-state index in [9.17, 15) is 14.9 Å². The maximum atomic E-state index is 13.2. The van der Waals surface area contributed by atoms with E-state index in [0.717, 1.165) is 27.6 Å². The lowest BCUT2D eigenvalue weighted by atomic mass is 9.94. The predicted molar refractivity (Wildman–Crippen MR) is 147 cm³/mol. The average molecular weight is 543 g/mol. The van der Waals surface area contributed by atoms with Crippen LogP contribution in [0.5, 0.6) is 0 Å². The lowest BCUT2D eigenvalue weighted by molar-refractivity contribution is -0.142. The van der Waals surface area contributed by atoms with Gasteiger partial charge in [0, 0.05) is 51.3 Å². The van der Waals surface area contributed by atoms with Crippen LogP contribution in [0.4, 0.5) is 0 Å². The molecule has 9 heteroatoms. The van der Waals surface area contributed by atoms with E-state index >= 15 is 0 Å². The number of carbonyl (C=O) groups is 2. The standard InChI is InChI=1S/C29H20Cl2N4O3/c1-38-29(37)25(35-28(36)22-8-9-24-21(26(22)31)10-12-33-24)14-17-5-7-20(27-18(17)3-2-11-34-27)19-6-4-16(15-32)13-23(19)30/h2-13,25,33H,14H2,1H3,(H,35,36)/t25-/m0/s1. The number of hydrogen-bond acceptors (Lipinski definition) is 5. The summed E-state index contributed by atoms with van der Waals surface area (Å²) in [4.78, 5) is 33.5. The van der Waals surface area contributed by atoms with Gasteiger partial charge in [-0.2, -0.15) is 5.26 Å². The zero-order valence-corrected chi connectivity index (χ0v) is 21.6. The number of carbonyl (C=O) groups excluding carboxylic acids is 2. The van der Waals surface area contributed by atoms with Gasteiger partial charge >= 0.3 is 5.97 Å². The van der Waals surface area contributed by atoms with E-state index in [1.165, 1.54) is 7.11 Å². The molecule has 0 saturated heterocycles. The van der Waals surface area contributed by atoms with Crippen LogP contribution in [-0.2, 0) is 16.0 Å². The molecule has 188 valence electrons. The molecule has 0 radical (unpaired) electrons. The van der Waals surface area contributed by atoms with E-state index < -0.39 is 17.9 Å². The number of rotatable bonds is 6. The van der Waals surface area contributed by atoms with Gasteiger partial charge in [0.2, 0.25) is 0 Å². The molecule has 5 rings (SSSR count). The van der Waals surface area contributed by atoms with Crippen LogP contribution in [-0.4, -0.2) is 35.0 Å². The number of nitrogens with one attached hydrogen (secondary N) is 2. The van der Waals surface area contributed by atoms with Crippen molar-refractivity contribution in [1.29, 1.82) is 5.26 Å². The Labute approximate surface area is 228 Å². The smallest absolute Gasteiger partial charge is 0.328 e. The summed E-state index contributed by atoms with van der Waals surface area (Å²) in [5.74, 6) is -1.08. The first-order valence-electron chi connectivity index (χ1n) is 11.6. The molecule has 0 aliphatic heterocycles. The summed E-state index contributed by atoms with van der Waals surface area (Å²) in [5.41, 5.74) is 4.48. The molecule has 7 nitrogen and oxygen atoms in total. The number of amides is 1. The zero-order chi connectivity index (χ0) is 26.8. The third kappa shape index (κ3) is 4.68. The van der Waals surface area contributed by atoms with Crippen LogP contribution in [0.25, 0.3) is 32.9 Å². The molecule has 1 atom stereocenters. The second-order valence-electron chi connectivity index (χ2n) is 8.60. The number of benzene rings is 3. The molecule has 5 aromatic rings. The van der Waals surface area contributed by atoms with Gasteiger partial charge < -0.3 is 15.0 Å². The van der Waals surface area contributed by atoms with Crippen molar-refractivity contribution in [2.45, 2.75) is 12.5 Å². The van der Waals surface area contributed by atoms with Crippen molar-refractivity contribution in [2.75, 3.05) is 7.11 Å². The number of hydrogen-bond donors (Lipinski definition) is 2. The topological polar surface area (TPSA) is 108 Å². The number of pyridine rings is 1. The fourth-order valence-corrected chi connectivity index (χ4v) is 5.09. The molecule has 3 aromatic carbocycles. The number of fused-ring (bicyclic) bond motifs is 2. The van der Waals surface area contributed by atoms with E-state index in [2.05, 4.69) is 21.4 Å². The number of nitriles is 1. The molecular weight excluding hydrogens is 523 g/mol. The largest absolute Gasteiger partial charge is 0.467 e. The van der Waals surface area contributed by atoms with Crippen LogP contribution in [0.2, 0.25) is 10.0 Å². The number of halogens is 2. The highest BCUT2D eigenvalue weighted by molar-refractivity contribution is 6.38. The second kappa shape index (κ2) is 10.5. The van der Waals surface area contributed by atoms with Gasteiger partial charge in [0.15, 0.2) is 0 Å². The molecule has 2 N–H and O–H groups in total. The molecule has 0 unspecified atom stereocenters. The van der Waals surface area contributed by atoms with Crippen LogP contribution < -0.4 is 5.32 Å². The summed E-state index contributed by atoms with van der Waals surface area (Å²) in [6, 6.07) is 18.8. The molecule has 0 spiro atoms. The van der Waals surface area contributed by atoms with E-state index in [0.29, 0.717) is 26.5 Å². The highest BCUT2D eigenvalue weighted by Gasteiger charge is 2.25. The van der Waals surface area contributed by atoms with Crippen LogP contribution >= 0.6 is 23.2 Å². The van der Waals surface area contributed by atoms with Gasteiger partial charge in [-0.05, 0) is 42.0 Å². The number of esters is 1. The Morgan fingerprint density at radius 1 is 1.08 bits per heavy atom. The van der Waals surface area contributed by atoms with E-state index in [1.807, 2.05) is 18.2 Å². The number of aromatic amines is 1. The van der Waals surface area contributed by atoms with Crippen molar-refractivity contribution in [1.82, 2.24) is 15.3 Å². The Bertz CT molecular complexity index is 1760. The molecule has 38 heavy (non-hydrogen) atoms. The van der Waals surface area contributed by atoms with Crippen molar-refractivity contribution < 1.29 is 14.3 Å². The molecule has 0 aliphatic carbocycles. The molecular formula is C29H20Cl2N4O3. The SMILES string of the molecule is COC(=O)[C@H](Cc1ccc(-c2ccc(C#N)cc2Cl)c2ncccc12)NC(=O)c1ccc2[nH]ccc2c1Cl. The van der Waals surface area contributed by atoms with Crippen molar-refractivity contribution in [3.63, 3.8) is 0 Å². The number of H-pyrrole nitrogens is 1. The van der Waals surface area contributed by atoms with Gasteiger partial charge in [-0.15, -0.1) is 0 Å². The first kappa shape index (κ1) is 25.3. The maximum absolute atomic E-state index is 13.2. The van der Waals surface area contributed by atoms with Crippen molar-refractivity contribution in [3.8, 4) is 17.2 Å². The lowest BCUT2D eigenvalue weighted by Gasteiger charge is -2.19. The average Bonchev–Trinajstić information content (AvgIpc) is 3.42. The normalized spacial score (nSPS) is 11.7. The van der Waals surface area contributed by atoms with Gasteiger partial charge in [0.25, 0.3) is 5.91 Å². The number of methoxy groups -OCH3 is 1. The summed E-state index contributed by atoms with van der Waals surface area (Å²) in [6.45, 7) is 0. The fraction of sp³-hybridized carbons (Fsp3) is 0.103. The Morgan fingerprint density at radius 2 is 1.89 bits per heavy atom. The Balaban J connectivity index is 1.50. The lowest BCUT2D eigenvalue weighted by Crippen LogP contribution is -2.43. The number of ether oxygens (including phenoxy) is 1. The van der Waals surface area contributed by atoms with Gasteiger partial charge in [0.1, 0.15) is 6.04 Å². The molecule has 2 heterocycles. The molecule has 0 fully saturated rings.